The second kappa shape index (κ2) is 5.76. The zero-order chi connectivity index (χ0) is 13.1. The van der Waals surface area contributed by atoms with Gasteiger partial charge in [0.25, 0.3) is 0 Å². The molecule has 1 aliphatic rings. The first kappa shape index (κ1) is 13.4. The fraction of sp³-hybridized carbons (Fsp3) is 0.571. The van der Waals surface area contributed by atoms with E-state index in [0.29, 0.717) is 24.2 Å². The molecule has 0 bridgehead atoms. The Balaban J connectivity index is 2.07. The fourth-order valence-corrected chi connectivity index (χ4v) is 2.36. The quantitative estimate of drug-likeness (QED) is 0.891. The van der Waals surface area contributed by atoms with E-state index in [1.165, 1.54) is 6.07 Å². The van der Waals surface area contributed by atoms with Gasteiger partial charge in [-0.15, -0.1) is 0 Å². The smallest absolute Gasteiger partial charge is 0.130 e. The van der Waals surface area contributed by atoms with E-state index in [1.54, 1.807) is 6.07 Å². The third-order valence-corrected chi connectivity index (χ3v) is 3.66. The molecule has 18 heavy (non-hydrogen) atoms. The number of hydrogen-bond acceptors (Lipinski definition) is 2. The highest BCUT2D eigenvalue weighted by Crippen LogP contribution is 2.16. The molecule has 100 valence electrons. The molecule has 1 aromatic rings. The number of piperazine rings is 1. The van der Waals surface area contributed by atoms with Gasteiger partial charge in [-0.05, 0) is 19.4 Å². The van der Waals surface area contributed by atoms with Crippen LogP contribution in [0.1, 0.15) is 25.8 Å². The van der Waals surface area contributed by atoms with E-state index in [2.05, 4.69) is 24.1 Å². The lowest BCUT2D eigenvalue weighted by Crippen LogP contribution is -2.54. The van der Waals surface area contributed by atoms with Gasteiger partial charge in [0.15, 0.2) is 0 Å². The molecule has 0 amide bonds. The average molecular weight is 254 g/mol. The van der Waals surface area contributed by atoms with Crippen molar-refractivity contribution in [3.8, 4) is 0 Å². The normalized spacial score (nSPS) is 25.3. The van der Waals surface area contributed by atoms with Gasteiger partial charge in [-0.2, -0.15) is 0 Å². The van der Waals surface area contributed by atoms with Gasteiger partial charge in [0.05, 0.1) is 0 Å². The number of rotatable bonds is 3. The van der Waals surface area contributed by atoms with E-state index >= 15 is 0 Å². The maximum atomic E-state index is 13.6. The molecule has 4 heteroatoms. The summed E-state index contributed by atoms with van der Waals surface area (Å²) in [7, 11) is 0. The van der Waals surface area contributed by atoms with Crippen molar-refractivity contribution in [1.29, 1.82) is 0 Å². The van der Waals surface area contributed by atoms with Crippen LogP contribution in [0.2, 0.25) is 0 Å². The van der Waals surface area contributed by atoms with Crippen molar-refractivity contribution in [2.75, 3.05) is 13.1 Å². The van der Waals surface area contributed by atoms with E-state index in [-0.39, 0.29) is 0 Å². The number of nitrogens with zero attached hydrogens (tertiary/aromatic N) is 1. The van der Waals surface area contributed by atoms with Crippen LogP contribution < -0.4 is 5.32 Å². The predicted molar refractivity (Wildman–Crippen MR) is 68.3 cm³/mol. The first-order valence-corrected chi connectivity index (χ1v) is 6.51. The Morgan fingerprint density at radius 1 is 1.39 bits per heavy atom. The summed E-state index contributed by atoms with van der Waals surface area (Å²) < 4.78 is 26.5. The van der Waals surface area contributed by atoms with Gasteiger partial charge in [0.1, 0.15) is 11.6 Å². The minimum Gasteiger partial charge on any atom is -0.311 e. The van der Waals surface area contributed by atoms with Crippen LogP contribution in [0.4, 0.5) is 8.78 Å². The number of hydrogen-bond donors (Lipinski definition) is 1. The monoisotopic (exact) mass is 254 g/mol. The molecule has 2 unspecified atom stereocenters. The summed E-state index contributed by atoms with van der Waals surface area (Å²) in [5.41, 5.74) is 0.569. The minimum absolute atomic E-state index is 0.372. The lowest BCUT2D eigenvalue weighted by atomic mass is 10.1. The third kappa shape index (κ3) is 3.06. The zero-order valence-electron chi connectivity index (χ0n) is 10.9. The van der Waals surface area contributed by atoms with Crippen molar-refractivity contribution >= 4 is 0 Å². The van der Waals surface area contributed by atoms with Crippen LogP contribution in [0.5, 0.6) is 0 Å². The maximum absolute atomic E-state index is 13.6. The van der Waals surface area contributed by atoms with Gasteiger partial charge in [0.2, 0.25) is 0 Å². The molecule has 2 atom stereocenters. The molecule has 1 N–H and O–H groups in total. The minimum atomic E-state index is -0.518. The molecule has 1 saturated heterocycles. The van der Waals surface area contributed by atoms with Crippen LogP contribution in [0.15, 0.2) is 18.2 Å². The van der Waals surface area contributed by atoms with Crippen molar-refractivity contribution in [1.82, 2.24) is 10.2 Å². The van der Waals surface area contributed by atoms with E-state index in [4.69, 9.17) is 0 Å². The standard InChI is InChI=1S/C14H20F2N2/c1-3-13-9-18(10(2)7-17-13)8-11-4-5-12(15)6-14(11)16/h4-6,10,13,17H,3,7-9H2,1-2H3. The Bertz CT molecular complexity index is 409. The van der Waals surface area contributed by atoms with Gasteiger partial charge in [-0.1, -0.05) is 13.0 Å². The fourth-order valence-electron chi connectivity index (χ4n) is 2.36. The zero-order valence-corrected chi connectivity index (χ0v) is 10.9. The first-order valence-electron chi connectivity index (χ1n) is 6.51. The van der Waals surface area contributed by atoms with E-state index in [0.717, 1.165) is 25.6 Å². The molecule has 0 spiro atoms. The molecular formula is C14H20F2N2. The summed E-state index contributed by atoms with van der Waals surface area (Å²) in [5.74, 6) is -0.968. The lowest BCUT2D eigenvalue weighted by Gasteiger charge is -2.38. The van der Waals surface area contributed by atoms with Crippen molar-refractivity contribution in [2.45, 2.75) is 38.9 Å². The van der Waals surface area contributed by atoms with Crippen molar-refractivity contribution < 1.29 is 8.78 Å². The average Bonchev–Trinajstić information content (AvgIpc) is 2.35. The van der Waals surface area contributed by atoms with Crippen LogP contribution in [-0.4, -0.2) is 30.1 Å². The van der Waals surface area contributed by atoms with Gasteiger partial charge < -0.3 is 5.32 Å². The van der Waals surface area contributed by atoms with Crippen LogP contribution in [-0.2, 0) is 6.54 Å². The molecule has 2 rings (SSSR count). The Labute approximate surface area is 107 Å². The second-order valence-corrected chi connectivity index (χ2v) is 5.03. The molecule has 1 aliphatic heterocycles. The summed E-state index contributed by atoms with van der Waals surface area (Å²) in [6.45, 7) is 6.64. The second-order valence-electron chi connectivity index (χ2n) is 5.03. The predicted octanol–water partition coefficient (Wildman–Crippen LogP) is 2.54. The van der Waals surface area contributed by atoms with Crippen LogP contribution in [0.3, 0.4) is 0 Å². The van der Waals surface area contributed by atoms with Gasteiger partial charge in [0, 0.05) is 43.3 Å². The maximum Gasteiger partial charge on any atom is 0.130 e. The third-order valence-electron chi connectivity index (χ3n) is 3.66. The largest absolute Gasteiger partial charge is 0.311 e. The lowest BCUT2D eigenvalue weighted by molar-refractivity contribution is 0.130. The topological polar surface area (TPSA) is 15.3 Å². The molecule has 1 aromatic carbocycles. The Morgan fingerprint density at radius 3 is 2.83 bits per heavy atom. The number of nitrogens with one attached hydrogen (secondary N) is 1. The van der Waals surface area contributed by atoms with Crippen molar-refractivity contribution in [3.05, 3.63) is 35.4 Å². The van der Waals surface area contributed by atoms with Gasteiger partial charge in [-0.25, -0.2) is 8.78 Å². The van der Waals surface area contributed by atoms with Crippen LogP contribution >= 0.6 is 0 Å². The molecule has 0 saturated carbocycles. The Kier molecular flexibility index (Phi) is 4.30. The molecule has 0 radical (unpaired) electrons. The Hall–Kier alpha value is -1.00. The summed E-state index contributed by atoms with van der Waals surface area (Å²) in [4.78, 5) is 2.25. The van der Waals surface area contributed by atoms with E-state index < -0.39 is 11.6 Å². The molecule has 2 nitrogen and oxygen atoms in total. The number of halogens is 2. The molecule has 1 fully saturated rings. The molecule has 0 aliphatic carbocycles. The van der Waals surface area contributed by atoms with Crippen molar-refractivity contribution in [3.63, 3.8) is 0 Å². The summed E-state index contributed by atoms with van der Waals surface area (Å²) in [6.07, 6.45) is 1.06. The van der Waals surface area contributed by atoms with Crippen molar-refractivity contribution in [2.24, 2.45) is 0 Å². The summed E-state index contributed by atoms with van der Waals surface area (Å²) in [5, 5.41) is 3.46. The van der Waals surface area contributed by atoms with Gasteiger partial charge in [-0.3, -0.25) is 4.90 Å². The van der Waals surface area contributed by atoms with E-state index in [1.807, 2.05) is 0 Å². The summed E-state index contributed by atoms with van der Waals surface area (Å²) in [6, 6.07) is 4.66. The van der Waals surface area contributed by atoms with Crippen LogP contribution in [0.25, 0.3) is 0 Å². The Morgan fingerprint density at radius 2 is 2.17 bits per heavy atom. The summed E-state index contributed by atoms with van der Waals surface area (Å²) >= 11 is 0. The highest BCUT2D eigenvalue weighted by molar-refractivity contribution is 5.18. The molecular weight excluding hydrogens is 234 g/mol. The molecule has 0 aromatic heterocycles. The van der Waals surface area contributed by atoms with Crippen LogP contribution in [0, 0.1) is 11.6 Å². The highest BCUT2D eigenvalue weighted by Gasteiger charge is 2.24. The first-order chi connectivity index (χ1) is 8.60. The van der Waals surface area contributed by atoms with E-state index in [9.17, 15) is 8.78 Å². The highest BCUT2D eigenvalue weighted by atomic mass is 19.1. The number of benzene rings is 1. The van der Waals surface area contributed by atoms with Gasteiger partial charge >= 0.3 is 0 Å². The molecule has 1 heterocycles. The SMILES string of the molecule is CCC1CN(Cc2ccc(F)cc2F)C(C)CN1.